The van der Waals surface area contributed by atoms with E-state index in [9.17, 15) is 9.59 Å². The van der Waals surface area contributed by atoms with Gasteiger partial charge in [0, 0.05) is 32.4 Å². The second-order valence-electron chi connectivity index (χ2n) is 8.31. The number of hydrogen-bond donors (Lipinski definition) is 1. The normalized spacial score (nSPS) is 17.5. The zero-order valence-electron chi connectivity index (χ0n) is 16.1. The number of likely N-dealkylation sites (N-methyl/N-ethyl adjacent to an activating group) is 1. The molecule has 3 amide bonds. The van der Waals surface area contributed by atoms with Crippen molar-refractivity contribution in [2.24, 2.45) is 5.41 Å². The van der Waals surface area contributed by atoms with Crippen LogP contribution in [0.15, 0.2) is 24.3 Å². The van der Waals surface area contributed by atoms with Gasteiger partial charge in [-0.25, -0.2) is 4.79 Å². The average Bonchev–Trinajstić information content (AvgIpc) is 2.95. The maximum atomic E-state index is 12.8. The molecule has 1 fully saturated rings. The van der Waals surface area contributed by atoms with Crippen LogP contribution < -0.4 is 5.32 Å². The van der Waals surface area contributed by atoms with E-state index in [4.69, 9.17) is 0 Å². The maximum absolute atomic E-state index is 12.8. The van der Waals surface area contributed by atoms with Gasteiger partial charge < -0.3 is 15.1 Å². The average molecular weight is 345 g/mol. The number of nitrogens with one attached hydrogen (secondary N) is 1. The number of hydrogen-bond acceptors (Lipinski definition) is 2. The highest BCUT2D eigenvalue weighted by Gasteiger charge is 2.32. The second-order valence-corrected chi connectivity index (χ2v) is 8.31. The summed E-state index contributed by atoms with van der Waals surface area (Å²) in [5.41, 5.74) is 1.77. The summed E-state index contributed by atoms with van der Waals surface area (Å²) in [7, 11) is 3.48. The molecule has 1 aromatic rings. The van der Waals surface area contributed by atoms with E-state index >= 15 is 0 Å². The molecule has 0 aromatic heterocycles. The van der Waals surface area contributed by atoms with Crippen molar-refractivity contribution in [1.29, 1.82) is 0 Å². The lowest BCUT2D eigenvalue weighted by Crippen LogP contribution is -2.40. The van der Waals surface area contributed by atoms with E-state index in [2.05, 4.69) is 26.1 Å². The molecule has 1 N–H and O–H groups in total. The minimum atomic E-state index is -0.0588. The summed E-state index contributed by atoms with van der Waals surface area (Å²) < 4.78 is 0. The number of carbonyl (C=O) groups is 2. The van der Waals surface area contributed by atoms with Crippen LogP contribution in [0.25, 0.3) is 0 Å². The molecule has 1 aliphatic rings. The first-order valence-electron chi connectivity index (χ1n) is 9.03. The Balaban J connectivity index is 2.09. The van der Waals surface area contributed by atoms with Gasteiger partial charge in [-0.15, -0.1) is 0 Å². The molecule has 25 heavy (non-hydrogen) atoms. The Kier molecular flexibility index (Phi) is 6.09. The molecule has 0 saturated carbocycles. The van der Waals surface area contributed by atoms with Crippen LogP contribution in [0.4, 0.5) is 10.5 Å². The van der Waals surface area contributed by atoms with Gasteiger partial charge in [0.1, 0.15) is 0 Å². The number of likely N-dealkylation sites (tertiary alicyclic amines) is 1. The molecule has 0 spiro atoms. The molecule has 1 aromatic carbocycles. The van der Waals surface area contributed by atoms with Gasteiger partial charge in [-0.1, -0.05) is 39.0 Å². The van der Waals surface area contributed by atoms with Gasteiger partial charge in [-0.05, 0) is 36.3 Å². The van der Waals surface area contributed by atoms with Crippen molar-refractivity contribution in [2.45, 2.75) is 52.5 Å². The first-order chi connectivity index (χ1) is 11.7. The first kappa shape index (κ1) is 19.3. The summed E-state index contributed by atoms with van der Waals surface area (Å²) >= 11 is 0. The summed E-state index contributed by atoms with van der Waals surface area (Å²) in [6.45, 7) is 7.43. The molecule has 0 aliphatic carbocycles. The molecule has 1 heterocycles. The van der Waals surface area contributed by atoms with Gasteiger partial charge in [-0.3, -0.25) is 4.79 Å². The Labute approximate surface area is 151 Å². The monoisotopic (exact) mass is 345 g/mol. The van der Waals surface area contributed by atoms with E-state index in [1.807, 2.05) is 29.2 Å². The third kappa shape index (κ3) is 5.48. The topological polar surface area (TPSA) is 52.7 Å². The summed E-state index contributed by atoms with van der Waals surface area (Å²) in [5, 5.41) is 3.03. The van der Waals surface area contributed by atoms with Gasteiger partial charge in [0.05, 0.1) is 6.42 Å². The Bertz CT molecular complexity index is 620. The van der Waals surface area contributed by atoms with Crippen molar-refractivity contribution in [3.63, 3.8) is 0 Å². The third-order valence-corrected chi connectivity index (χ3v) is 4.59. The highest BCUT2D eigenvalue weighted by Crippen LogP contribution is 2.30. The lowest BCUT2D eigenvalue weighted by atomic mass is 9.87. The summed E-state index contributed by atoms with van der Waals surface area (Å²) in [6, 6.07) is 7.77. The number of para-hydroxylation sites is 1. The van der Waals surface area contributed by atoms with Crippen LogP contribution in [0.5, 0.6) is 0 Å². The number of rotatable bonds is 4. The van der Waals surface area contributed by atoms with Crippen LogP contribution in [0.1, 0.15) is 45.6 Å². The van der Waals surface area contributed by atoms with E-state index in [0.29, 0.717) is 0 Å². The fourth-order valence-electron chi connectivity index (χ4n) is 3.33. The molecule has 2 rings (SSSR count). The fraction of sp³-hybridized carbons (Fsp3) is 0.600. The van der Waals surface area contributed by atoms with Crippen LogP contribution in [0, 0.1) is 5.41 Å². The van der Waals surface area contributed by atoms with Crippen LogP contribution >= 0.6 is 0 Å². The minimum Gasteiger partial charge on any atom is -0.349 e. The van der Waals surface area contributed by atoms with Crippen molar-refractivity contribution >= 4 is 17.6 Å². The molecule has 5 nitrogen and oxygen atoms in total. The van der Waals surface area contributed by atoms with Crippen LogP contribution in [0.3, 0.4) is 0 Å². The summed E-state index contributed by atoms with van der Waals surface area (Å²) in [4.78, 5) is 28.3. The molecule has 0 unspecified atom stereocenters. The maximum Gasteiger partial charge on any atom is 0.322 e. The van der Waals surface area contributed by atoms with Gasteiger partial charge in [-0.2, -0.15) is 0 Å². The largest absolute Gasteiger partial charge is 0.349 e. The van der Waals surface area contributed by atoms with Gasteiger partial charge in [0.2, 0.25) is 5.91 Å². The smallest absolute Gasteiger partial charge is 0.322 e. The van der Waals surface area contributed by atoms with Crippen molar-refractivity contribution in [2.75, 3.05) is 26.0 Å². The number of nitrogens with zero attached hydrogens (tertiary/aromatic N) is 2. The molecule has 0 bridgehead atoms. The van der Waals surface area contributed by atoms with Crippen LogP contribution in [-0.4, -0.2) is 48.4 Å². The zero-order chi connectivity index (χ0) is 18.6. The number of urea groups is 1. The van der Waals surface area contributed by atoms with Crippen LogP contribution in [0.2, 0.25) is 0 Å². The number of amides is 3. The minimum absolute atomic E-state index is 0.0217. The predicted octanol–water partition coefficient (Wildman–Crippen LogP) is 3.75. The SMILES string of the molecule is CN(C)C(=O)Cc1ccccc1NC(=O)N1CCC[C@H]1CC(C)(C)C. The Morgan fingerprint density at radius 1 is 1.24 bits per heavy atom. The molecule has 138 valence electrons. The lowest BCUT2D eigenvalue weighted by Gasteiger charge is -2.30. The molecule has 0 radical (unpaired) electrons. The van der Waals surface area contributed by atoms with Gasteiger partial charge in [0.15, 0.2) is 0 Å². The lowest BCUT2D eigenvalue weighted by molar-refractivity contribution is -0.127. The molecular weight excluding hydrogens is 314 g/mol. The first-order valence-corrected chi connectivity index (χ1v) is 9.03. The van der Waals surface area contributed by atoms with E-state index < -0.39 is 0 Å². The second kappa shape index (κ2) is 7.89. The van der Waals surface area contributed by atoms with Crippen molar-refractivity contribution in [3.8, 4) is 0 Å². The molecule has 1 aliphatic heterocycles. The zero-order valence-corrected chi connectivity index (χ0v) is 16.1. The molecular formula is C20H31N3O2. The molecule has 1 saturated heterocycles. The Morgan fingerprint density at radius 2 is 1.92 bits per heavy atom. The number of anilines is 1. The van der Waals surface area contributed by atoms with Crippen molar-refractivity contribution in [3.05, 3.63) is 29.8 Å². The van der Waals surface area contributed by atoms with Gasteiger partial charge in [0.25, 0.3) is 0 Å². The molecule has 5 heteroatoms. The Morgan fingerprint density at radius 3 is 2.56 bits per heavy atom. The van der Waals surface area contributed by atoms with Gasteiger partial charge >= 0.3 is 6.03 Å². The fourth-order valence-corrected chi connectivity index (χ4v) is 3.33. The number of carbonyl (C=O) groups excluding carboxylic acids is 2. The van der Waals surface area contributed by atoms with E-state index in [-0.39, 0.29) is 29.8 Å². The highest BCUT2D eigenvalue weighted by molar-refractivity contribution is 5.91. The van der Waals surface area contributed by atoms with E-state index in [1.165, 1.54) is 0 Å². The quantitative estimate of drug-likeness (QED) is 0.903. The molecule has 1 atom stereocenters. The van der Waals surface area contributed by atoms with Crippen LogP contribution in [-0.2, 0) is 11.2 Å². The Hall–Kier alpha value is -2.04. The summed E-state index contributed by atoms with van der Waals surface area (Å²) in [6.07, 6.45) is 3.40. The van der Waals surface area contributed by atoms with Crippen molar-refractivity contribution < 1.29 is 9.59 Å². The standard InChI is InChI=1S/C20H31N3O2/c1-20(2,3)14-16-10-8-12-23(16)19(25)21-17-11-7-6-9-15(17)13-18(24)22(4)5/h6-7,9,11,16H,8,10,12-14H2,1-5H3,(H,21,25)/t16-/m0/s1. The summed E-state index contributed by atoms with van der Waals surface area (Å²) in [5.74, 6) is 0.0217. The third-order valence-electron chi connectivity index (χ3n) is 4.59. The van der Waals surface area contributed by atoms with E-state index in [0.717, 1.165) is 37.1 Å². The van der Waals surface area contributed by atoms with Crippen molar-refractivity contribution in [1.82, 2.24) is 9.80 Å². The predicted molar refractivity (Wildman–Crippen MR) is 102 cm³/mol. The number of benzene rings is 1. The van der Waals surface area contributed by atoms with E-state index in [1.54, 1.807) is 19.0 Å². The highest BCUT2D eigenvalue weighted by atomic mass is 16.2.